The van der Waals surface area contributed by atoms with Gasteiger partial charge in [0.1, 0.15) is 0 Å². The zero-order valence-corrected chi connectivity index (χ0v) is 11.3. The number of hydrogen-bond donors (Lipinski definition) is 1. The molecule has 1 aromatic rings. The van der Waals surface area contributed by atoms with E-state index in [1.807, 2.05) is 0 Å². The first-order valence-corrected chi connectivity index (χ1v) is 6.51. The van der Waals surface area contributed by atoms with Crippen molar-refractivity contribution in [1.29, 1.82) is 0 Å². The van der Waals surface area contributed by atoms with Crippen LogP contribution in [0.15, 0.2) is 6.20 Å². The Labute approximate surface area is 104 Å². The van der Waals surface area contributed by atoms with E-state index >= 15 is 0 Å². The molecule has 0 bridgehead atoms. The second-order valence-corrected chi connectivity index (χ2v) is 5.77. The van der Waals surface area contributed by atoms with E-state index in [0.29, 0.717) is 11.8 Å². The maximum absolute atomic E-state index is 6.09. The van der Waals surface area contributed by atoms with E-state index in [9.17, 15) is 0 Å². The van der Waals surface area contributed by atoms with Gasteiger partial charge in [0, 0.05) is 31.9 Å². The predicted octanol–water partition coefficient (Wildman–Crippen LogP) is 1.63. The number of rotatable bonds is 3. The van der Waals surface area contributed by atoms with Gasteiger partial charge in [-0.15, -0.1) is 0 Å². The van der Waals surface area contributed by atoms with Gasteiger partial charge in [-0.2, -0.15) is 0 Å². The van der Waals surface area contributed by atoms with Crippen LogP contribution in [0.1, 0.15) is 26.5 Å². The summed E-state index contributed by atoms with van der Waals surface area (Å²) < 4.78 is 2.27. The summed E-state index contributed by atoms with van der Waals surface area (Å²) in [7, 11) is 0. The van der Waals surface area contributed by atoms with Crippen molar-refractivity contribution >= 4 is 5.95 Å². The lowest BCUT2D eigenvalue weighted by Gasteiger charge is -2.19. The fourth-order valence-electron chi connectivity index (χ4n) is 2.47. The Kier molecular flexibility index (Phi) is 3.43. The molecule has 1 aliphatic heterocycles. The molecule has 2 atom stereocenters. The number of nitrogens with two attached hydrogens (primary N) is 1. The van der Waals surface area contributed by atoms with E-state index in [-0.39, 0.29) is 6.04 Å². The summed E-state index contributed by atoms with van der Waals surface area (Å²) in [5, 5.41) is 0. The minimum atomic E-state index is 0.277. The Morgan fingerprint density at radius 1 is 1.47 bits per heavy atom. The average Bonchev–Trinajstić information content (AvgIpc) is 2.71. The molecule has 4 nitrogen and oxygen atoms in total. The van der Waals surface area contributed by atoms with E-state index in [4.69, 9.17) is 5.73 Å². The van der Waals surface area contributed by atoms with Gasteiger partial charge in [-0.3, -0.25) is 0 Å². The third-order valence-corrected chi connectivity index (χ3v) is 3.39. The van der Waals surface area contributed by atoms with Gasteiger partial charge in [-0.1, -0.05) is 20.8 Å². The Morgan fingerprint density at radius 3 is 2.71 bits per heavy atom. The Morgan fingerprint density at radius 2 is 2.18 bits per heavy atom. The summed E-state index contributed by atoms with van der Waals surface area (Å²) in [4.78, 5) is 6.97. The molecule has 0 aromatic carbocycles. The van der Waals surface area contributed by atoms with Crippen molar-refractivity contribution in [2.45, 2.75) is 40.3 Å². The second kappa shape index (κ2) is 4.69. The van der Waals surface area contributed by atoms with Crippen molar-refractivity contribution in [2.24, 2.45) is 17.6 Å². The molecule has 2 unspecified atom stereocenters. The van der Waals surface area contributed by atoms with Crippen LogP contribution in [-0.4, -0.2) is 28.7 Å². The van der Waals surface area contributed by atoms with Gasteiger partial charge in [-0.25, -0.2) is 4.98 Å². The Hall–Kier alpha value is -1.03. The van der Waals surface area contributed by atoms with Crippen molar-refractivity contribution in [1.82, 2.24) is 9.55 Å². The van der Waals surface area contributed by atoms with E-state index < -0.39 is 0 Å². The summed E-state index contributed by atoms with van der Waals surface area (Å²) >= 11 is 0. The molecule has 96 valence electrons. The molecular formula is C13H24N4. The summed E-state index contributed by atoms with van der Waals surface area (Å²) in [5.74, 6) is 2.28. The largest absolute Gasteiger partial charge is 0.340 e. The van der Waals surface area contributed by atoms with Crippen LogP contribution in [0.3, 0.4) is 0 Å². The second-order valence-electron chi connectivity index (χ2n) is 5.77. The molecule has 0 spiro atoms. The molecule has 0 aliphatic carbocycles. The zero-order valence-electron chi connectivity index (χ0n) is 11.3. The van der Waals surface area contributed by atoms with Crippen LogP contribution in [0.2, 0.25) is 0 Å². The predicted molar refractivity (Wildman–Crippen MR) is 71.2 cm³/mol. The fourth-order valence-corrected chi connectivity index (χ4v) is 2.47. The van der Waals surface area contributed by atoms with Crippen LogP contribution in [0.4, 0.5) is 5.95 Å². The Balaban J connectivity index is 2.20. The number of nitrogens with zero attached hydrogens (tertiary/aromatic N) is 3. The van der Waals surface area contributed by atoms with Crippen molar-refractivity contribution in [3.63, 3.8) is 0 Å². The average molecular weight is 236 g/mol. The highest BCUT2D eigenvalue weighted by molar-refractivity contribution is 5.36. The fraction of sp³-hybridized carbons (Fsp3) is 0.769. The van der Waals surface area contributed by atoms with Crippen LogP contribution < -0.4 is 10.6 Å². The van der Waals surface area contributed by atoms with Crippen LogP contribution >= 0.6 is 0 Å². The number of aromatic nitrogens is 2. The third kappa shape index (κ3) is 2.63. The summed E-state index contributed by atoms with van der Waals surface area (Å²) in [6, 6.07) is 0.277. The van der Waals surface area contributed by atoms with E-state index in [0.717, 1.165) is 31.3 Å². The van der Waals surface area contributed by atoms with Gasteiger partial charge >= 0.3 is 0 Å². The maximum atomic E-state index is 6.09. The minimum Gasteiger partial charge on any atom is -0.340 e. The smallest absolute Gasteiger partial charge is 0.205 e. The monoisotopic (exact) mass is 236 g/mol. The van der Waals surface area contributed by atoms with Gasteiger partial charge in [-0.05, 0) is 18.8 Å². The van der Waals surface area contributed by atoms with Crippen LogP contribution in [-0.2, 0) is 6.54 Å². The molecule has 2 rings (SSSR count). The highest BCUT2D eigenvalue weighted by Crippen LogP contribution is 2.23. The molecule has 17 heavy (non-hydrogen) atoms. The third-order valence-electron chi connectivity index (χ3n) is 3.39. The standard InChI is InChI=1S/C13H24N4/c1-9(2)5-16-7-11(4)15-13(16)17-6-10(3)12(14)8-17/h7,9-10,12H,5-6,8,14H2,1-4H3. The quantitative estimate of drug-likeness (QED) is 0.867. The van der Waals surface area contributed by atoms with Gasteiger partial charge in [0.15, 0.2) is 0 Å². The number of hydrogen-bond acceptors (Lipinski definition) is 3. The van der Waals surface area contributed by atoms with Crippen molar-refractivity contribution in [3.8, 4) is 0 Å². The first-order chi connectivity index (χ1) is 7.97. The molecule has 1 saturated heterocycles. The molecule has 1 aliphatic rings. The molecule has 0 amide bonds. The molecule has 1 aromatic heterocycles. The molecule has 2 N–H and O–H groups in total. The van der Waals surface area contributed by atoms with Gasteiger partial charge in [0.25, 0.3) is 0 Å². The number of aryl methyl sites for hydroxylation is 1. The van der Waals surface area contributed by atoms with Crippen LogP contribution in [0.25, 0.3) is 0 Å². The molecule has 4 heteroatoms. The van der Waals surface area contributed by atoms with Gasteiger partial charge < -0.3 is 15.2 Å². The lowest BCUT2D eigenvalue weighted by atomic mass is 10.1. The molecule has 2 heterocycles. The summed E-state index contributed by atoms with van der Waals surface area (Å²) in [6.45, 7) is 11.7. The van der Waals surface area contributed by atoms with E-state index in [2.05, 4.69) is 48.3 Å². The van der Waals surface area contributed by atoms with Crippen LogP contribution in [0.5, 0.6) is 0 Å². The first-order valence-electron chi connectivity index (χ1n) is 6.51. The summed E-state index contributed by atoms with van der Waals surface area (Å²) in [6.07, 6.45) is 2.14. The van der Waals surface area contributed by atoms with E-state index in [1.54, 1.807) is 0 Å². The number of imidazole rings is 1. The van der Waals surface area contributed by atoms with Crippen molar-refractivity contribution in [3.05, 3.63) is 11.9 Å². The normalized spacial score (nSPS) is 24.9. The molecular weight excluding hydrogens is 212 g/mol. The van der Waals surface area contributed by atoms with Gasteiger partial charge in [0.2, 0.25) is 5.95 Å². The first kappa shape index (κ1) is 12.4. The highest BCUT2D eigenvalue weighted by Gasteiger charge is 2.29. The number of anilines is 1. The van der Waals surface area contributed by atoms with Gasteiger partial charge in [0.05, 0.1) is 5.69 Å². The SMILES string of the molecule is Cc1cn(CC(C)C)c(N2CC(C)C(N)C2)n1. The van der Waals surface area contributed by atoms with E-state index in [1.165, 1.54) is 0 Å². The highest BCUT2D eigenvalue weighted by atomic mass is 15.3. The molecule has 0 saturated carbocycles. The molecule has 1 fully saturated rings. The lowest BCUT2D eigenvalue weighted by Crippen LogP contribution is -2.29. The maximum Gasteiger partial charge on any atom is 0.205 e. The van der Waals surface area contributed by atoms with Crippen molar-refractivity contribution in [2.75, 3.05) is 18.0 Å². The minimum absolute atomic E-state index is 0.277. The Bertz CT molecular complexity index is 373. The zero-order chi connectivity index (χ0) is 12.6. The van der Waals surface area contributed by atoms with Crippen molar-refractivity contribution < 1.29 is 0 Å². The molecule has 0 radical (unpaired) electrons. The topological polar surface area (TPSA) is 47.1 Å². The summed E-state index contributed by atoms with van der Waals surface area (Å²) in [5.41, 5.74) is 7.18. The van der Waals surface area contributed by atoms with Crippen LogP contribution in [0, 0.1) is 18.8 Å². The lowest BCUT2D eigenvalue weighted by molar-refractivity contribution is 0.520.